The normalized spacial score (nSPS) is 13.4. The molecule has 0 saturated heterocycles. The molecule has 9 heteroatoms. The third-order valence-corrected chi connectivity index (χ3v) is 5.52. The minimum atomic E-state index is -0.995. The van der Waals surface area contributed by atoms with Gasteiger partial charge in [0, 0.05) is 29.9 Å². The highest BCUT2D eigenvalue weighted by molar-refractivity contribution is 5.88. The summed E-state index contributed by atoms with van der Waals surface area (Å²) in [6, 6.07) is 8.44. The topological polar surface area (TPSA) is 150 Å². The quantitative estimate of drug-likeness (QED) is 0.295. The second kappa shape index (κ2) is 10.8. The standard InChI is InChI=1S/C26H32N4O5/c1-26(2,3)35-25(34)19(27)8-4-5-9-21(31)22(28)18-7-6-14-30-15-20(29-23(18)30)16-10-12-17(13-11-16)24(32)33/h6-7,10-15,19,22H,4-5,8-9,27-28H2,1-3H3,(H,32,33). The summed E-state index contributed by atoms with van der Waals surface area (Å²) in [5.41, 5.74) is 14.4. The average Bonchev–Trinajstić information content (AvgIpc) is 3.24. The molecule has 9 nitrogen and oxygen atoms in total. The predicted molar refractivity (Wildman–Crippen MR) is 132 cm³/mol. The molecule has 186 valence electrons. The molecule has 2 heterocycles. The SMILES string of the molecule is CC(C)(C)OC(=O)C(N)CCCCC(=O)C(N)c1cccn2cc(-c3ccc(C(=O)O)cc3)nc12. The smallest absolute Gasteiger partial charge is 0.335 e. The Labute approximate surface area is 204 Å². The van der Waals surface area contributed by atoms with Gasteiger partial charge in [0.2, 0.25) is 0 Å². The fourth-order valence-electron chi connectivity index (χ4n) is 3.69. The predicted octanol–water partition coefficient (Wildman–Crippen LogP) is 3.50. The van der Waals surface area contributed by atoms with Crippen LogP contribution in [0, 0.1) is 0 Å². The molecule has 35 heavy (non-hydrogen) atoms. The van der Waals surface area contributed by atoms with Gasteiger partial charge in [0.05, 0.1) is 17.3 Å². The van der Waals surface area contributed by atoms with E-state index < -0.39 is 29.6 Å². The number of unbranched alkanes of at least 4 members (excludes halogenated alkanes) is 1. The second-order valence-corrected chi connectivity index (χ2v) is 9.53. The maximum Gasteiger partial charge on any atom is 0.335 e. The Morgan fingerprint density at radius 3 is 2.40 bits per heavy atom. The second-order valence-electron chi connectivity index (χ2n) is 9.53. The average molecular weight is 481 g/mol. The number of pyridine rings is 1. The van der Waals surface area contributed by atoms with Crippen LogP contribution in [0.4, 0.5) is 0 Å². The molecule has 3 aromatic rings. The lowest BCUT2D eigenvalue weighted by Gasteiger charge is -2.22. The van der Waals surface area contributed by atoms with Crippen LogP contribution in [0.1, 0.15) is 68.4 Å². The molecule has 0 fully saturated rings. The number of Topliss-reactive ketones (excluding diaryl/α,β-unsaturated/α-hetero) is 1. The third-order valence-electron chi connectivity index (χ3n) is 5.52. The summed E-state index contributed by atoms with van der Waals surface area (Å²) in [5.74, 6) is -1.57. The number of aromatic nitrogens is 2. The molecule has 0 aliphatic heterocycles. The Hall–Kier alpha value is -3.56. The molecular formula is C26H32N4O5. The van der Waals surface area contributed by atoms with Crippen LogP contribution in [0.5, 0.6) is 0 Å². The zero-order chi connectivity index (χ0) is 25.8. The minimum Gasteiger partial charge on any atom is -0.478 e. The van der Waals surface area contributed by atoms with Crippen molar-refractivity contribution in [3.8, 4) is 11.3 Å². The van der Waals surface area contributed by atoms with Gasteiger partial charge in [0.1, 0.15) is 17.3 Å². The molecule has 0 radical (unpaired) electrons. The first-order chi connectivity index (χ1) is 16.5. The summed E-state index contributed by atoms with van der Waals surface area (Å²) >= 11 is 0. The zero-order valence-electron chi connectivity index (χ0n) is 20.2. The number of nitrogens with two attached hydrogens (primary N) is 2. The Balaban J connectivity index is 1.63. The number of carboxylic acids is 1. The number of carbonyl (C=O) groups excluding carboxylic acids is 2. The molecule has 2 atom stereocenters. The third kappa shape index (κ3) is 6.74. The molecule has 2 aromatic heterocycles. The van der Waals surface area contributed by atoms with Crippen LogP contribution in [0.25, 0.3) is 16.9 Å². The first-order valence-electron chi connectivity index (χ1n) is 11.5. The highest BCUT2D eigenvalue weighted by atomic mass is 16.6. The number of hydrogen-bond acceptors (Lipinski definition) is 7. The van der Waals surface area contributed by atoms with E-state index in [0.29, 0.717) is 36.2 Å². The summed E-state index contributed by atoms with van der Waals surface area (Å²) in [7, 11) is 0. The Morgan fingerprint density at radius 2 is 1.77 bits per heavy atom. The van der Waals surface area contributed by atoms with E-state index in [2.05, 4.69) is 4.98 Å². The van der Waals surface area contributed by atoms with E-state index in [0.717, 1.165) is 5.56 Å². The number of carboxylic acid groups (broad SMARTS) is 1. The molecule has 2 unspecified atom stereocenters. The lowest BCUT2D eigenvalue weighted by Crippen LogP contribution is -2.37. The fourth-order valence-corrected chi connectivity index (χ4v) is 3.69. The largest absolute Gasteiger partial charge is 0.478 e. The summed E-state index contributed by atoms with van der Waals surface area (Å²) in [5, 5.41) is 9.09. The Bertz CT molecular complexity index is 1210. The Kier molecular flexibility index (Phi) is 8.03. The van der Waals surface area contributed by atoms with Gasteiger partial charge in [-0.15, -0.1) is 0 Å². The summed E-state index contributed by atoms with van der Waals surface area (Å²) < 4.78 is 7.07. The highest BCUT2D eigenvalue weighted by Gasteiger charge is 2.23. The number of imidazole rings is 1. The van der Waals surface area contributed by atoms with Crippen molar-refractivity contribution in [2.45, 2.75) is 64.1 Å². The number of fused-ring (bicyclic) bond motifs is 1. The Morgan fingerprint density at radius 1 is 1.09 bits per heavy atom. The lowest BCUT2D eigenvalue weighted by atomic mass is 9.99. The van der Waals surface area contributed by atoms with Crippen LogP contribution in [-0.2, 0) is 14.3 Å². The van der Waals surface area contributed by atoms with Gasteiger partial charge in [0.25, 0.3) is 0 Å². The van der Waals surface area contributed by atoms with Gasteiger partial charge < -0.3 is 25.7 Å². The maximum absolute atomic E-state index is 12.8. The molecule has 5 N–H and O–H groups in total. The summed E-state index contributed by atoms with van der Waals surface area (Å²) in [6.07, 6.45) is 5.47. The van der Waals surface area contributed by atoms with Crippen molar-refractivity contribution in [2.24, 2.45) is 11.5 Å². The monoisotopic (exact) mass is 480 g/mol. The van der Waals surface area contributed by atoms with E-state index >= 15 is 0 Å². The number of aromatic carboxylic acids is 1. The van der Waals surface area contributed by atoms with E-state index in [-0.39, 0.29) is 17.8 Å². The van der Waals surface area contributed by atoms with Gasteiger partial charge in [-0.1, -0.05) is 24.6 Å². The van der Waals surface area contributed by atoms with E-state index in [1.165, 1.54) is 12.1 Å². The van der Waals surface area contributed by atoms with Crippen molar-refractivity contribution in [3.63, 3.8) is 0 Å². The van der Waals surface area contributed by atoms with E-state index in [1.54, 1.807) is 49.4 Å². The first kappa shape index (κ1) is 26.1. The number of hydrogen-bond donors (Lipinski definition) is 3. The molecule has 0 amide bonds. The van der Waals surface area contributed by atoms with Gasteiger partial charge in [0.15, 0.2) is 5.78 Å². The van der Waals surface area contributed by atoms with Crippen LogP contribution in [0.2, 0.25) is 0 Å². The number of carbonyl (C=O) groups is 3. The number of nitrogens with zero attached hydrogens (tertiary/aromatic N) is 2. The van der Waals surface area contributed by atoms with Crippen LogP contribution in [0.15, 0.2) is 48.8 Å². The zero-order valence-corrected chi connectivity index (χ0v) is 20.2. The van der Waals surface area contributed by atoms with Gasteiger partial charge >= 0.3 is 11.9 Å². The van der Waals surface area contributed by atoms with Crippen molar-refractivity contribution in [2.75, 3.05) is 0 Å². The summed E-state index contributed by atoms with van der Waals surface area (Å²) in [6.45, 7) is 5.36. The molecule has 0 aliphatic rings. The van der Waals surface area contributed by atoms with Gasteiger partial charge in [-0.3, -0.25) is 9.59 Å². The van der Waals surface area contributed by atoms with Crippen molar-refractivity contribution in [1.29, 1.82) is 0 Å². The number of ketones is 1. The van der Waals surface area contributed by atoms with Crippen molar-refractivity contribution in [1.82, 2.24) is 9.38 Å². The van der Waals surface area contributed by atoms with Gasteiger partial charge in [-0.2, -0.15) is 0 Å². The van der Waals surface area contributed by atoms with Crippen molar-refractivity contribution < 1.29 is 24.2 Å². The minimum absolute atomic E-state index is 0.126. The number of rotatable bonds is 10. The van der Waals surface area contributed by atoms with Crippen LogP contribution in [-0.4, -0.2) is 43.9 Å². The molecule has 1 aromatic carbocycles. The fraction of sp³-hybridized carbons (Fsp3) is 0.385. The highest BCUT2D eigenvalue weighted by Crippen LogP contribution is 2.25. The van der Waals surface area contributed by atoms with Crippen molar-refractivity contribution in [3.05, 3.63) is 59.9 Å². The molecular weight excluding hydrogens is 448 g/mol. The molecule has 0 aliphatic carbocycles. The molecule has 0 spiro atoms. The lowest BCUT2D eigenvalue weighted by molar-refractivity contribution is -0.156. The summed E-state index contributed by atoms with van der Waals surface area (Å²) in [4.78, 5) is 40.5. The first-order valence-corrected chi connectivity index (χ1v) is 11.5. The van der Waals surface area contributed by atoms with Crippen LogP contribution >= 0.6 is 0 Å². The number of esters is 1. The number of ether oxygens (including phenoxy) is 1. The molecule has 0 saturated carbocycles. The van der Waals surface area contributed by atoms with E-state index in [4.69, 9.17) is 21.3 Å². The number of benzene rings is 1. The molecule has 0 bridgehead atoms. The van der Waals surface area contributed by atoms with Crippen LogP contribution in [0.3, 0.4) is 0 Å². The van der Waals surface area contributed by atoms with Crippen molar-refractivity contribution >= 4 is 23.4 Å². The van der Waals surface area contributed by atoms with Crippen LogP contribution < -0.4 is 11.5 Å². The molecule has 3 rings (SSSR count). The maximum atomic E-state index is 12.8. The van der Waals surface area contributed by atoms with E-state index in [9.17, 15) is 14.4 Å². The van der Waals surface area contributed by atoms with E-state index in [1.807, 2.05) is 12.4 Å². The van der Waals surface area contributed by atoms with Gasteiger partial charge in [-0.05, 0) is 51.8 Å². The van der Waals surface area contributed by atoms with Gasteiger partial charge in [-0.25, -0.2) is 9.78 Å².